The number of rotatable bonds is 23. The van der Waals surface area contributed by atoms with Crippen molar-refractivity contribution in [2.45, 2.75) is 179 Å². The maximum Gasteiger partial charge on any atom is 0.246 e. The van der Waals surface area contributed by atoms with Crippen LogP contribution in [0.1, 0.15) is 107 Å². The molecule has 129 heavy (non-hydrogen) atoms. The minimum atomic E-state index is -1.66. The molecule has 14 N–H and O–H groups in total. The van der Waals surface area contributed by atoms with Gasteiger partial charge in [0.25, 0.3) is 0 Å². The average Bonchev–Trinajstić information content (AvgIpc) is 1.50. The molecule has 15 amide bonds. The number of nitrogens with zero attached hydrogens (tertiary/aromatic N) is 5. The summed E-state index contributed by atoms with van der Waals surface area (Å²) in [5.74, 6) is -15.8. The summed E-state index contributed by atoms with van der Waals surface area (Å²) in [6, 6.07) is 28.1. The molecule has 1 aliphatic heterocycles. The maximum atomic E-state index is 15.5. The van der Waals surface area contributed by atoms with Gasteiger partial charge in [-0.3, -0.25) is 76.7 Å². The highest BCUT2D eigenvalue weighted by Gasteiger charge is 2.42. The number of benzene rings is 6. The molecule has 7 aromatic rings. The lowest BCUT2D eigenvalue weighted by Crippen LogP contribution is -2.61. The number of nitrogens with two attached hydrogens (primary N) is 1. The standard InChI is InChI=1S/C94H120N16O18S/c1-12-13-33-76-92(126)107(8)53-81(116)98-70(43-58(6)111)88(122)105-83(57(4)5)94(128)109(10)77(47-60-27-19-15-20-28-60)89(123)103-73(46-63-36-40-66(113)41-37-63)90(124)106(7)52-80(115)99-72(49-64-50-96-68-32-24-23-31-67(64)68)87(121)102-71(44-62-34-38-65(112)39-35-62)86(120)101-69(42-56(2)3)85(119)104-75(84(118)97-51-79(95)114)54-129-55-82(117)100-74(45-59-25-17-14-18-26-59)91(125)110(11)78(93(127)108(76)9)48-61-29-21-16-22-30-61/h14-32,34-41,50,56-57,69-78,83,96,112-113H,12-13,33,42-49,51-55H2,1-11H3,(H2,95,114)(H,97,118)(H,98,116)(H,99,115)(H,100,117)(H,101,120)(H,102,121)(H,103,123)(H,104,119)(H,105,122)/t69-,70-,71-,72-,73-,74-,75?,76-,77-,78-,83-/m0/s1. The van der Waals surface area contributed by atoms with E-state index in [1.165, 1.54) is 100 Å². The smallest absolute Gasteiger partial charge is 0.246 e. The number of primary amides is 1. The van der Waals surface area contributed by atoms with E-state index in [0.717, 1.165) is 26.5 Å². The monoisotopic (exact) mass is 1790 g/mol. The van der Waals surface area contributed by atoms with Gasteiger partial charge in [0.05, 0.1) is 25.4 Å². The number of aromatic hydroxyl groups is 2. The highest BCUT2D eigenvalue weighted by molar-refractivity contribution is 8.00. The van der Waals surface area contributed by atoms with Gasteiger partial charge in [-0.25, -0.2) is 0 Å². The van der Waals surface area contributed by atoms with Crippen molar-refractivity contribution < 1.29 is 86.9 Å². The number of phenols is 2. The quantitative estimate of drug-likeness (QED) is 0.0438. The van der Waals surface area contributed by atoms with E-state index in [9.17, 15) is 48.6 Å². The van der Waals surface area contributed by atoms with Crippen LogP contribution < -0.4 is 53.6 Å². The zero-order chi connectivity index (χ0) is 94.3. The third-order valence-corrected chi connectivity index (χ3v) is 23.2. The molecular weight excluding hydrogens is 1670 g/mol. The molecule has 0 aliphatic carbocycles. The Balaban J connectivity index is 1.21. The van der Waals surface area contributed by atoms with Crippen LogP contribution in [0.15, 0.2) is 170 Å². The second-order valence-corrected chi connectivity index (χ2v) is 34.4. The molecule has 0 spiro atoms. The highest BCUT2D eigenvalue weighted by atomic mass is 32.2. The number of aromatic amines is 1. The van der Waals surface area contributed by atoms with Crippen molar-refractivity contribution in [1.29, 1.82) is 0 Å². The second-order valence-electron chi connectivity index (χ2n) is 33.4. The van der Waals surface area contributed by atoms with E-state index in [1.807, 2.05) is 6.92 Å². The second kappa shape index (κ2) is 49.0. The number of fused-ring (bicyclic) bond motifs is 1. The van der Waals surface area contributed by atoms with E-state index < -0.39 is 199 Å². The molecule has 11 atom stereocenters. The molecule has 6 aromatic carbocycles. The molecule has 1 unspecified atom stereocenters. The Bertz CT molecular complexity index is 5060. The molecule has 0 bridgehead atoms. The van der Waals surface area contributed by atoms with Crippen LogP contribution in [-0.4, -0.2) is 267 Å². The van der Waals surface area contributed by atoms with E-state index >= 15 is 38.4 Å². The number of hydrogen-bond acceptors (Lipinski definition) is 19. The Kier molecular flexibility index (Phi) is 38.4. The van der Waals surface area contributed by atoms with Crippen LogP contribution in [0.5, 0.6) is 11.5 Å². The summed E-state index contributed by atoms with van der Waals surface area (Å²) >= 11 is 0.839. The van der Waals surface area contributed by atoms with Crippen LogP contribution in [0.3, 0.4) is 0 Å². The van der Waals surface area contributed by atoms with E-state index in [0.29, 0.717) is 57.1 Å². The van der Waals surface area contributed by atoms with E-state index in [-0.39, 0.29) is 74.5 Å². The van der Waals surface area contributed by atoms with Crippen molar-refractivity contribution in [3.8, 4) is 11.5 Å². The summed E-state index contributed by atoms with van der Waals surface area (Å²) in [6.07, 6.45) is 0.741. The van der Waals surface area contributed by atoms with Crippen molar-refractivity contribution >= 4 is 117 Å². The largest absolute Gasteiger partial charge is 0.508 e. The predicted molar refractivity (Wildman–Crippen MR) is 485 cm³/mol. The predicted octanol–water partition coefficient (Wildman–Crippen LogP) is 2.83. The Hall–Kier alpha value is -13.5. The van der Waals surface area contributed by atoms with Crippen molar-refractivity contribution in [2.24, 2.45) is 17.6 Å². The number of ketones is 1. The molecule has 35 heteroatoms. The summed E-state index contributed by atoms with van der Waals surface area (Å²) in [4.78, 5) is 244. The molecule has 690 valence electrons. The van der Waals surface area contributed by atoms with Crippen LogP contribution >= 0.6 is 11.8 Å². The van der Waals surface area contributed by atoms with Crippen LogP contribution in [0.4, 0.5) is 0 Å². The number of Topliss-reactive ketones (excluding diaryl/α,β-unsaturated/α-hetero) is 1. The lowest BCUT2D eigenvalue weighted by atomic mass is 9.98. The van der Waals surface area contributed by atoms with Crippen molar-refractivity contribution in [2.75, 3.05) is 66.4 Å². The van der Waals surface area contributed by atoms with Gasteiger partial charge in [0.1, 0.15) is 83.7 Å². The Morgan fingerprint density at radius 1 is 0.457 bits per heavy atom. The van der Waals surface area contributed by atoms with E-state index in [4.69, 9.17) is 5.73 Å². The zero-order valence-corrected chi connectivity index (χ0v) is 75.4. The molecule has 1 aliphatic rings. The molecule has 0 radical (unpaired) electrons. The van der Waals surface area contributed by atoms with Crippen LogP contribution in [0.2, 0.25) is 0 Å². The minimum absolute atomic E-state index is 0.0630. The van der Waals surface area contributed by atoms with Gasteiger partial charge >= 0.3 is 0 Å². The van der Waals surface area contributed by atoms with Gasteiger partial charge in [0, 0.05) is 103 Å². The first-order valence-electron chi connectivity index (χ1n) is 42.9. The van der Waals surface area contributed by atoms with Crippen LogP contribution in [0.25, 0.3) is 10.9 Å². The highest BCUT2D eigenvalue weighted by Crippen LogP contribution is 2.25. The topological polar surface area (TPSA) is 480 Å². The van der Waals surface area contributed by atoms with Crippen molar-refractivity contribution in [3.05, 3.63) is 203 Å². The SMILES string of the molecule is CCCC[C@H]1C(=O)N(C)CC(=O)N[C@@H](CC(C)=O)C(=O)N[C@@H](C(C)C)C(=O)N(C)[C@@H](Cc2ccccc2)C(=O)N[C@@H](Cc2ccc(O)cc2)C(=O)N(C)CC(=O)N[C@@H](Cc2c[nH]c3ccccc23)C(=O)N[C@@H](Cc2ccc(O)cc2)C(=O)N[C@@H](CC(C)C)C(=O)NC(C(=O)NCC(N)=O)CSCC(=O)N[C@@H](Cc2ccccc2)C(=O)N(C)[C@@H](Cc2ccccc2)C(=O)N1C. The molecule has 1 aromatic heterocycles. The number of carbonyl (C=O) groups is 16. The summed E-state index contributed by atoms with van der Waals surface area (Å²) in [6.45, 7) is 7.59. The normalized spacial score (nSPS) is 21.9. The first kappa shape index (κ1) is 101. The Morgan fingerprint density at radius 3 is 1.43 bits per heavy atom. The van der Waals surface area contributed by atoms with Gasteiger partial charge in [0.15, 0.2) is 0 Å². The zero-order valence-electron chi connectivity index (χ0n) is 74.6. The molecule has 2 heterocycles. The number of carbonyl (C=O) groups excluding carboxylic acids is 16. The average molecular weight is 1790 g/mol. The van der Waals surface area contributed by atoms with Gasteiger partial charge in [-0.15, -0.1) is 11.8 Å². The van der Waals surface area contributed by atoms with Crippen molar-refractivity contribution in [1.82, 2.24) is 77.3 Å². The Morgan fingerprint density at radius 2 is 0.899 bits per heavy atom. The van der Waals surface area contributed by atoms with Gasteiger partial charge in [0.2, 0.25) is 88.6 Å². The van der Waals surface area contributed by atoms with Crippen LogP contribution in [-0.2, 0) is 115 Å². The van der Waals surface area contributed by atoms with E-state index in [2.05, 4.69) is 52.8 Å². The number of aromatic nitrogens is 1. The third kappa shape index (κ3) is 30.6. The summed E-state index contributed by atoms with van der Waals surface area (Å²) in [5.41, 5.74) is 9.22. The molecule has 1 fully saturated rings. The first-order valence-corrected chi connectivity index (χ1v) is 44.1. The van der Waals surface area contributed by atoms with Gasteiger partial charge in [-0.1, -0.05) is 181 Å². The van der Waals surface area contributed by atoms with Gasteiger partial charge in [-0.2, -0.15) is 0 Å². The lowest BCUT2D eigenvalue weighted by molar-refractivity contribution is -0.151. The fourth-order valence-electron chi connectivity index (χ4n) is 15.1. The number of thioether (sulfide) groups is 1. The molecular formula is C94H120N16O18S. The summed E-state index contributed by atoms with van der Waals surface area (Å²) in [5, 5.41) is 45.7. The maximum absolute atomic E-state index is 15.5. The molecule has 1 saturated heterocycles. The lowest BCUT2D eigenvalue weighted by Gasteiger charge is -2.37. The number of para-hydroxylation sites is 1. The van der Waals surface area contributed by atoms with Crippen molar-refractivity contribution in [3.63, 3.8) is 0 Å². The van der Waals surface area contributed by atoms with Gasteiger partial charge < -0.3 is 93.3 Å². The van der Waals surface area contributed by atoms with Crippen LogP contribution in [0, 0.1) is 11.8 Å². The number of H-pyrrole nitrogens is 1. The number of unbranched alkanes of at least 4 members (excludes halogenated alkanes) is 1. The first-order chi connectivity index (χ1) is 61.4. The number of phenolic OH excluding ortho intramolecular Hbond substituents is 2. The van der Waals surface area contributed by atoms with Gasteiger partial charge in [-0.05, 0) is 95.3 Å². The number of amides is 15. The van der Waals surface area contributed by atoms with E-state index in [1.54, 1.807) is 149 Å². The fraction of sp³-hybridized carbons (Fsp3) is 0.426. The molecule has 0 saturated carbocycles. The number of likely N-dealkylation sites (N-methyl/N-ethyl adjacent to an activating group) is 5. The fourth-order valence-corrected chi connectivity index (χ4v) is 15.9. The minimum Gasteiger partial charge on any atom is -0.508 e. The summed E-state index contributed by atoms with van der Waals surface area (Å²) in [7, 11) is 6.69. The number of hydrogen-bond donors (Lipinski definition) is 13. The summed E-state index contributed by atoms with van der Waals surface area (Å²) < 4.78 is 0. The number of nitrogens with one attached hydrogen (secondary N) is 10. The molecule has 8 rings (SSSR count). The third-order valence-electron chi connectivity index (χ3n) is 22.2. The molecule has 34 nitrogen and oxygen atoms in total. The Labute approximate surface area is 754 Å².